The molecule has 3 nitrogen and oxygen atoms in total. The van der Waals surface area contributed by atoms with Gasteiger partial charge in [-0.3, -0.25) is 9.59 Å². The van der Waals surface area contributed by atoms with E-state index >= 15 is 0 Å². The molecule has 0 fully saturated rings. The average Bonchev–Trinajstić information content (AvgIpc) is 2.55. The Hall–Kier alpha value is -2.13. The lowest BCUT2D eigenvalue weighted by Crippen LogP contribution is -2.14. The molecule has 0 saturated carbocycles. The standard InChI is InChI=1S/C11H12O2.C7H5ClO/c1-13-11-4-2-3-8-5-6-9(12)7-10(8)11;8-7(9)6-4-2-1-3-5-6/h2-4H,5-7H2,1H3;1-5H. The van der Waals surface area contributed by atoms with E-state index in [1.165, 1.54) is 5.56 Å². The molecule has 2 aromatic rings. The summed E-state index contributed by atoms with van der Waals surface area (Å²) in [5.41, 5.74) is 2.89. The van der Waals surface area contributed by atoms with Gasteiger partial charge < -0.3 is 4.74 Å². The smallest absolute Gasteiger partial charge is 0.252 e. The molecule has 4 heteroatoms. The van der Waals surface area contributed by atoms with Crippen LogP contribution in [-0.2, 0) is 17.6 Å². The van der Waals surface area contributed by atoms with Gasteiger partial charge in [0.15, 0.2) is 0 Å². The Labute approximate surface area is 134 Å². The third-order valence-electron chi connectivity index (χ3n) is 3.50. The van der Waals surface area contributed by atoms with E-state index < -0.39 is 5.24 Å². The van der Waals surface area contributed by atoms with Gasteiger partial charge in [-0.15, -0.1) is 0 Å². The minimum absolute atomic E-state index is 0.317. The molecule has 2 aromatic carbocycles. The zero-order chi connectivity index (χ0) is 15.9. The van der Waals surface area contributed by atoms with Crippen LogP contribution in [0.3, 0.4) is 0 Å². The highest BCUT2D eigenvalue weighted by Gasteiger charge is 2.18. The first-order valence-corrected chi connectivity index (χ1v) is 7.41. The molecule has 0 radical (unpaired) electrons. The summed E-state index contributed by atoms with van der Waals surface area (Å²) in [5, 5.41) is -0.407. The molecule has 1 aliphatic carbocycles. The highest BCUT2D eigenvalue weighted by atomic mass is 35.5. The van der Waals surface area contributed by atoms with Gasteiger partial charge in [0.05, 0.1) is 7.11 Å². The molecular weight excluding hydrogens is 300 g/mol. The van der Waals surface area contributed by atoms with Gasteiger partial charge in [-0.25, -0.2) is 0 Å². The molecule has 0 saturated heterocycles. The number of ketones is 1. The number of carbonyl (C=O) groups is 2. The number of fused-ring (bicyclic) bond motifs is 1. The molecule has 0 aromatic heterocycles. The van der Waals surface area contributed by atoms with Gasteiger partial charge in [0.1, 0.15) is 11.5 Å². The van der Waals surface area contributed by atoms with E-state index in [1.807, 2.05) is 18.2 Å². The van der Waals surface area contributed by atoms with Crippen molar-refractivity contribution in [2.75, 3.05) is 7.11 Å². The maximum absolute atomic E-state index is 11.2. The fourth-order valence-electron chi connectivity index (χ4n) is 2.37. The van der Waals surface area contributed by atoms with Crippen molar-refractivity contribution in [3.63, 3.8) is 0 Å². The molecule has 0 heterocycles. The van der Waals surface area contributed by atoms with Gasteiger partial charge in [-0.1, -0.05) is 42.5 Å². The first-order valence-electron chi connectivity index (χ1n) is 7.03. The van der Waals surface area contributed by atoms with Crippen LogP contribution in [0.1, 0.15) is 27.9 Å². The summed E-state index contributed by atoms with van der Waals surface area (Å²) in [6.45, 7) is 0. The van der Waals surface area contributed by atoms with Crippen LogP contribution >= 0.6 is 11.6 Å². The number of Topliss-reactive ketones (excluding diaryl/α,β-unsaturated/α-hetero) is 1. The van der Waals surface area contributed by atoms with Crippen molar-refractivity contribution in [3.8, 4) is 5.75 Å². The molecular formula is C18H17ClO3. The highest BCUT2D eigenvalue weighted by molar-refractivity contribution is 6.67. The fraction of sp³-hybridized carbons (Fsp3) is 0.222. The molecule has 114 valence electrons. The first kappa shape index (κ1) is 16.2. The summed E-state index contributed by atoms with van der Waals surface area (Å²) < 4.78 is 5.21. The van der Waals surface area contributed by atoms with Crippen molar-refractivity contribution >= 4 is 22.6 Å². The maximum Gasteiger partial charge on any atom is 0.252 e. The number of carbonyl (C=O) groups excluding carboxylic acids is 2. The molecule has 0 bridgehead atoms. The molecule has 0 spiro atoms. The Bertz CT molecular complexity index is 651. The third-order valence-corrected chi connectivity index (χ3v) is 3.72. The number of hydrogen-bond donors (Lipinski definition) is 0. The topological polar surface area (TPSA) is 43.4 Å². The Morgan fingerprint density at radius 3 is 2.36 bits per heavy atom. The molecule has 0 atom stereocenters. The van der Waals surface area contributed by atoms with Gasteiger partial charge in [0.25, 0.3) is 5.24 Å². The monoisotopic (exact) mass is 316 g/mol. The van der Waals surface area contributed by atoms with Crippen LogP contribution in [0.25, 0.3) is 0 Å². The fourth-order valence-corrected chi connectivity index (χ4v) is 2.49. The van der Waals surface area contributed by atoms with E-state index in [2.05, 4.69) is 6.07 Å². The number of benzene rings is 2. The van der Waals surface area contributed by atoms with Gasteiger partial charge in [0.2, 0.25) is 0 Å². The van der Waals surface area contributed by atoms with E-state index in [1.54, 1.807) is 31.4 Å². The van der Waals surface area contributed by atoms with Crippen LogP contribution in [-0.4, -0.2) is 18.1 Å². The van der Waals surface area contributed by atoms with E-state index in [9.17, 15) is 9.59 Å². The quantitative estimate of drug-likeness (QED) is 0.791. The van der Waals surface area contributed by atoms with E-state index in [4.69, 9.17) is 16.3 Å². The molecule has 0 amide bonds. The Morgan fingerprint density at radius 1 is 1.05 bits per heavy atom. The predicted octanol–water partition coefficient (Wildman–Crippen LogP) is 3.82. The van der Waals surface area contributed by atoms with Gasteiger partial charge in [0, 0.05) is 24.0 Å². The first-order chi connectivity index (χ1) is 10.6. The van der Waals surface area contributed by atoms with Crippen LogP contribution in [0.4, 0.5) is 0 Å². The second kappa shape index (κ2) is 7.76. The van der Waals surface area contributed by atoms with Gasteiger partial charge in [-0.05, 0) is 29.7 Å². The third kappa shape index (κ3) is 4.18. The Kier molecular flexibility index (Phi) is 5.73. The van der Waals surface area contributed by atoms with Crippen LogP contribution in [0.5, 0.6) is 5.75 Å². The minimum atomic E-state index is -0.407. The average molecular weight is 317 g/mol. The summed E-state index contributed by atoms with van der Waals surface area (Å²) in [5.74, 6) is 1.17. The van der Waals surface area contributed by atoms with E-state index in [-0.39, 0.29) is 0 Å². The van der Waals surface area contributed by atoms with Crippen molar-refractivity contribution in [2.45, 2.75) is 19.3 Å². The molecule has 1 aliphatic rings. The SMILES string of the molecule is COc1cccc2c1CC(=O)CC2.O=C(Cl)c1ccccc1. The number of aryl methyl sites for hydroxylation is 1. The zero-order valence-corrected chi connectivity index (χ0v) is 13.1. The zero-order valence-electron chi connectivity index (χ0n) is 12.3. The highest BCUT2D eigenvalue weighted by Crippen LogP contribution is 2.27. The summed E-state index contributed by atoms with van der Waals surface area (Å²) in [7, 11) is 1.65. The Balaban J connectivity index is 0.000000172. The maximum atomic E-state index is 11.2. The van der Waals surface area contributed by atoms with Crippen molar-refractivity contribution in [3.05, 3.63) is 65.2 Å². The summed E-state index contributed by atoms with van der Waals surface area (Å²) in [4.78, 5) is 21.6. The molecule has 22 heavy (non-hydrogen) atoms. The number of ether oxygens (including phenoxy) is 1. The van der Waals surface area contributed by atoms with Crippen molar-refractivity contribution in [1.29, 1.82) is 0 Å². The number of methoxy groups -OCH3 is 1. The summed E-state index contributed by atoms with van der Waals surface area (Å²) in [6, 6.07) is 14.7. The largest absolute Gasteiger partial charge is 0.496 e. The molecule has 0 unspecified atom stereocenters. The summed E-state index contributed by atoms with van der Waals surface area (Å²) in [6.07, 6.45) is 2.09. The number of rotatable bonds is 2. The second-order valence-corrected chi connectivity index (χ2v) is 5.30. The lowest BCUT2D eigenvalue weighted by atomic mass is 9.90. The summed E-state index contributed by atoms with van der Waals surface area (Å²) >= 11 is 5.16. The van der Waals surface area contributed by atoms with Crippen molar-refractivity contribution in [2.24, 2.45) is 0 Å². The van der Waals surface area contributed by atoms with Crippen LogP contribution in [0.15, 0.2) is 48.5 Å². The van der Waals surface area contributed by atoms with Crippen molar-refractivity contribution in [1.82, 2.24) is 0 Å². The normalized spacial score (nSPS) is 12.7. The Morgan fingerprint density at radius 2 is 1.77 bits per heavy atom. The second-order valence-electron chi connectivity index (χ2n) is 4.95. The molecule has 3 rings (SSSR count). The predicted molar refractivity (Wildman–Crippen MR) is 86.7 cm³/mol. The lowest BCUT2D eigenvalue weighted by molar-refractivity contribution is -0.118. The number of hydrogen-bond acceptors (Lipinski definition) is 3. The minimum Gasteiger partial charge on any atom is -0.496 e. The molecule has 0 aliphatic heterocycles. The van der Waals surface area contributed by atoms with Crippen LogP contribution < -0.4 is 4.74 Å². The van der Waals surface area contributed by atoms with Gasteiger partial charge in [-0.2, -0.15) is 0 Å². The van der Waals surface area contributed by atoms with E-state index in [0.717, 1.165) is 17.7 Å². The lowest BCUT2D eigenvalue weighted by Gasteiger charge is -2.17. The van der Waals surface area contributed by atoms with Crippen LogP contribution in [0, 0.1) is 0 Å². The van der Waals surface area contributed by atoms with Gasteiger partial charge >= 0.3 is 0 Å². The number of halogens is 1. The van der Waals surface area contributed by atoms with E-state index in [0.29, 0.717) is 24.2 Å². The molecule has 0 N–H and O–H groups in total. The van der Waals surface area contributed by atoms with Crippen LogP contribution in [0.2, 0.25) is 0 Å². The van der Waals surface area contributed by atoms with Crippen molar-refractivity contribution < 1.29 is 14.3 Å².